The van der Waals surface area contributed by atoms with Crippen molar-refractivity contribution in [3.63, 3.8) is 0 Å². The molecule has 0 saturated heterocycles. The molecule has 1 unspecified atom stereocenters. The summed E-state index contributed by atoms with van der Waals surface area (Å²) in [5.74, 6) is 0.242. The molecule has 0 spiro atoms. The summed E-state index contributed by atoms with van der Waals surface area (Å²) in [7, 11) is 0. The Hall–Kier alpha value is -7.75. The van der Waals surface area contributed by atoms with E-state index in [1.807, 2.05) is 0 Å². The van der Waals surface area contributed by atoms with Gasteiger partial charge in [0, 0.05) is 62.5 Å². The smallest absolute Gasteiger partial charge is 0.137 e. The molecule has 0 amide bonds. The fraction of sp³-hybridized carbons (Fsp3) is 0.0351. The van der Waals surface area contributed by atoms with Gasteiger partial charge >= 0.3 is 0 Å². The molecule has 0 N–H and O–H groups in total. The zero-order valence-corrected chi connectivity index (χ0v) is 32.8. The molecule has 2 aromatic heterocycles. The van der Waals surface area contributed by atoms with E-state index in [-0.39, 0.29) is 5.92 Å². The first kappa shape index (κ1) is 34.3. The Morgan fingerprint density at radius 2 is 1.05 bits per heavy atom. The van der Waals surface area contributed by atoms with Crippen LogP contribution < -0.4 is 0 Å². The van der Waals surface area contributed by atoms with Crippen molar-refractivity contribution in [1.29, 1.82) is 0 Å². The molecule has 1 atom stereocenters. The monoisotopic (exact) mass is 766 g/mol. The minimum Gasteiger partial charge on any atom is -0.456 e. The van der Waals surface area contributed by atoms with Crippen molar-refractivity contribution in [3.8, 4) is 39.1 Å². The molecule has 12 rings (SSSR count). The second kappa shape index (κ2) is 14.0. The summed E-state index contributed by atoms with van der Waals surface area (Å²) in [6, 6.07) is 67.5. The molecule has 10 aromatic rings. The number of hydrogen-bond donors (Lipinski definition) is 0. The molecule has 0 radical (unpaired) electrons. The molecule has 60 heavy (non-hydrogen) atoms. The topological polar surface area (TPSA) is 30.4 Å². The maximum Gasteiger partial charge on any atom is 0.137 e. The molecule has 3 nitrogen and oxygen atoms in total. The van der Waals surface area contributed by atoms with Crippen LogP contribution in [0.25, 0.3) is 88.5 Å². The number of rotatable bonds is 6. The highest BCUT2D eigenvalue weighted by Crippen LogP contribution is 2.42. The van der Waals surface area contributed by atoms with Crippen LogP contribution in [0.3, 0.4) is 0 Å². The van der Waals surface area contributed by atoms with E-state index in [4.69, 9.17) is 9.41 Å². The lowest BCUT2D eigenvalue weighted by Gasteiger charge is -2.26. The summed E-state index contributed by atoms with van der Waals surface area (Å²) in [6.07, 6.45) is 9.68. The molecule has 0 saturated carbocycles. The van der Waals surface area contributed by atoms with E-state index in [1.165, 1.54) is 49.7 Å². The van der Waals surface area contributed by atoms with E-state index in [0.29, 0.717) is 0 Å². The van der Waals surface area contributed by atoms with Crippen LogP contribution in [0.2, 0.25) is 0 Å². The number of allylic oxidation sites excluding steroid dienone is 5. The average Bonchev–Trinajstić information content (AvgIpc) is 3.87. The molecule has 0 bridgehead atoms. The third kappa shape index (κ3) is 5.70. The summed E-state index contributed by atoms with van der Waals surface area (Å²) < 4.78 is 9.15. The lowest BCUT2D eigenvalue weighted by Crippen LogP contribution is -2.17. The van der Waals surface area contributed by atoms with Crippen molar-refractivity contribution in [1.82, 2.24) is 4.57 Å². The van der Waals surface area contributed by atoms with E-state index in [0.717, 1.165) is 67.6 Å². The van der Waals surface area contributed by atoms with E-state index >= 15 is 0 Å². The van der Waals surface area contributed by atoms with Crippen LogP contribution in [0.4, 0.5) is 0 Å². The lowest BCUT2D eigenvalue weighted by atomic mass is 9.82. The van der Waals surface area contributed by atoms with E-state index < -0.39 is 0 Å². The molecule has 1 aliphatic carbocycles. The standard InChI is InChI=1S/C57H38N2O/c1-4-13-37(14-5-1)40-23-25-41(26-24-40)57-46-20-11-10-19-44(46)35-51(58-57)47-21-12-22-54-56(47)48-30-29-45(36-55(48)60-54)59-52-31-27-42(38-15-6-2-7-16-38)33-49(52)50-34-43(28-32-53(50)59)39-17-8-3-9-18-39/h1-34,36,44H,35H2. The zero-order chi connectivity index (χ0) is 39.6. The first-order chi connectivity index (χ1) is 29.7. The predicted octanol–water partition coefficient (Wildman–Crippen LogP) is 15.0. The third-order valence-electron chi connectivity index (χ3n) is 12.4. The fourth-order valence-corrected chi connectivity index (χ4v) is 9.44. The Morgan fingerprint density at radius 1 is 0.467 bits per heavy atom. The number of aromatic nitrogens is 1. The van der Waals surface area contributed by atoms with Crippen molar-refractivity contribution >= 4 is 55.2 Å². The summed E-state index contributed by atoms with van der Waals surface area (Å²) in [4.78, 5) is 5.50. The molecule has 282 valence electrons. The van der Waals surface area contributed by atoms with Crippen LogP contribution in [0.1, 0.15) is 17.5 Å². The van der Waals surface area contributed by atoms with Crippen LogP contribution in [0, 0.1) is 5.92 Å². The van der Waals surface area contributed by atoms with Crippen LogP contribution in [-0.4, -0.2) is 10.3 Å². The first-order valence-electron chi connectivity index (χ1n) is 20.7. The Balaban J connectivity index is 0.991. The van der Waals surface area contributed by atoms with Crippen LogP contribution in [0.15, 0.2) is 227 Å². The van der Waals surface area contributed by atoms with Crippen molar-refractivity contribution in [2.75, 3.05) is 0 Å². The Bertz CT molecular complexity index is 3320. The van der Waals surface area contributed by atoms with Gasteiger partial charge in [0.2, 0.25) is 0 Å². The first-order valence-corrected chi connectivity index (χ1v) is 20.7. The molecular weight excluding hydrogens is 729 g/mol. The van der Waals surface area contributed by atoms with Gasteiger partial charge in [-0.25, -0.2) is 0 Å². The van der Waals surface area contributed by atoms with Gasteiger partial charge in [0.05, 0.1) is 16.7 Å². The lowest BCUT2D eigenvalue weighted by molar-refractivity contribution is 0.668. The highest BCUT2D eigenvalue weighted by molar-refractivity contribution is 6.20. The molecule has 2 aliphatic rings. The van der Waals surface area contributed by atoms with Gasteiger partial charge in [-0.15, -0.1) is 0 Å². The van der Waals surface area contributed by atoms with Gasteiger partial charge in [0.15, 0.2) is 0 Å². The average molecular weight is 767 g/mol. The number of hydrogen-bond acceptors (Lipinski definition) is 2. The summed E-state index contributed by atoms with van der Waals surface area (Å²) >= 11 is 0. The fourth-order valence-electron chi connectivity index (χ4n) is 9.44. The predicted molar refractivity (Wildman–Crippen MR) is 251 cm³/mol. The Kier molecular flexibility index (Phi) is 7.99. The Labute approximate surface area is 348 Å². The maximum absolute atomic E-state index is 6.77. The normalized spacial score (nSPS) is 15.0. The maximum atomic E-state index is 6.77. The van der Waals surface area contributed by atoms with Crippen LogP contribution in [0.5, 0.6) is 0 Å². The highest BCUT2D eigenvalue weighted by Gasteiger charge is 2.27. The molecule has 8 aromatic carbocycles. The van der Waals surface area contributed by atoms with Gasteiger partial charge in [-0.3, -0.25) is 4.99 Å². The molecular formula is C57H38N2O. The van der Waals surface area contributed by atoms with Crippen molar-refractivity contribution < 1.29 is 4.42 Å². The van der Waals surface area contributed by atoms with E-state index in [2.05, 4.69) is 217 Å². The summed E-state index contributed by atoms with van der Waals surface area (Å²) in [6.45, 7) is 0. The van der Waals surface area contributed by atoms with Gasteiger partial charge in [-0.2, -0.15) is 0 Å². The summed E-state index contributed by atoms with van der Waals surface area (Å²) in [5, 5.41) is 4.64. The second-order valence-corrected chi connectivity index (χ2v) is 15.9. The van der Waals surface area contributed by atoms with Gasteiger partial charge in [-0.1, -0.05) is 164 Å². The van der Waals surface area contributed by atoms with Crippen molar-refractivity contribution in [2.24, 2.45) is 10.9 Å². The van der Waals surface area contributed by atoms with Gasteiger partial charge in [0.1, 0.15) is 11.2 Å². The van der Waals surface area contributed by atoms with E-state index in [1.54, 1.807) is 0 Å². The van der Waals surface area contributed by atoms with Gasteiger partial charge in [0.25, 0.3) is 0 Å². The second-order valence-electron chi connectivity index (χ2n) is 15.9. The van der Waals surface area contributed by atoms with Crippen LogP contribution >= 0.6 is 0 Å². The number of furan rings is 1. The number of fused-ring (bicyclic) bond motifs is 7. The van der Waals surface area contributed by atoms with Crippen molar-refractivity contribution in [2.45, 2.75) is 6.42 Å². The summed E-state index contributed by atoms with van der Waals surface area (Å²) in [5.41, 5.74) is 17.9. The van der Waals surface area contributed by atoms with Crippen LogP contribution in [-0.2, 0) is 0 Å². The number of nitrogens with zero attached hydrogens (tertiary/aromatic N) is 2. The van der Waals surface area contributed by atoms with Gasteiger partial charge in [-0.05, 0) is 81.4 Å². The largest absolute Gasteiger partial charge is 0.456 e. The SMILES string of the molecule is C1=CC2=C(c3ccc(-c4ccccc4)cc3)N=C(c3cccc4oc5cc(-n6c7ccc(-c8ccccc8)cc7c7cc(-c8ccccc8)ccc76)ccc5c34)CC2C=C1. The minimum absolute atomic E-state index is 0.242. The molecule has 0 fully saturated rings. The molecule has 1 aliphatic heterocycles. The quantitative estimate of drug-likeness (QED) is 0.166. The molecule has 3 heterocycles. The Morgan fingerprint density at radius 3 is 1.70 bits per heavy atom. The number of aliphatic imine (C=N–C) groups is 1. The van der Waals surface area contributed by atoms with Crippen molar-refractivity contribution in [3.05, 3.63) is 229 Å². The number of benzene rings is 8. The van der Waals surface area contributed by atoms with E-state index in [9.17, 15) is 0 Å². The minimum atomic E-state index is 0.242. The highest BCUT2D eigenvalue weighted by atomic mass is 16.3. The van der Waals surface area contributed by atoms with Gasteiger partial charge < -0.3 is 8.98 Å². The molecule has 3 heteroatoms. The zero-order valence-electron chi connectivity index (χ0n) is 32.8. The third-order valence-corrected chi connectivity index (χ3v) is 12.4.